The van der Waals surface area contributed by atoms with Gasteiger partial charge >= 0.3 is 0 Å². The minimum atomic E-state index is -4.10. The van der Waals surface area contributed by atoms with Crippen molar-refractivity contribution in [2.45, 2.75) is 25.7 Å². The lowest BCUT2D eigenvalue weighted by Gasteiger charge is -2.24. The molecule has 3 rings (SSSR count). The van der Waals surface area contributed by atoms with Crippen molar-refractivity contribution in [1.29, 1.82) is 0 Å². The predicted octanol–water partition coefficient (Wildman–Crippen LogP) is 5.07. The summed E-state index contributed by atoms with van der Waals surface area (Å²) in [5.41, 5.74) is 0.880. The second-order valence-electron chi connectivity index (χ2n) is 8.59. The molecule has 3 aromatic rings. The summed E-state index contributed by atoms with van der Waals surface area (Å²) < 4.78 is 34.4. The van der Waals surface area contributed by atoms with E-state index in [1.54, 1.807) is 60.7 Å². The molecule has 3 aromatic carbocycles. The second-order valence-corrected chi connectivity index (χ2v) is 11.4. The maximum Gasteiger partial charge on any atom is 0.264 e. The molecular weight excluding hydrogens is 558 g/mol. The Labute approximate surface area is 226 Å². The number of carbonyl (C=O) groups is 2. The van der Waals surface area contributed by atoms with Gasteiger partial charge < -0.3 is 15.4 Å². The van der Waals surface area contributed by atoms with E-state index in [0.29, 0.717) is 35.8 Å². The number of anilines is 2. The lowest BCUT2D eigenvalue weighted by Crippen LogP contribution is -2.38. The number of amides is 2. The molecule has 0 aliphatic heterocycles. The highest BCUT2D eigenvalue weighted by Gasteiger charge is 2.28. The molecular formula is C27H30BrN3O5S. The van der Waals surface area contributed by atoms with Crippen LogP contribution < -0.4 is 19.7 Å². The van der Waals surface area contributed by atoms with Crippen LogP contribution >= 0.6 is 15.9 Å². The first-order valence-electron chi connectivity index (χ1n) is 11.8. The van der Waals surface area contributed by atoms with Crippen LogP contribution in [0, 0.1) is 5.92 Å². The van der Waals surface area contributed by atoms with Gasteiger partial charge in [0.1, 0.15) is 12.3 Å². The normalized spacial score (nSPS) is 11.2. The Kier molecular flexibility index (Phi) is 9.71. The average molecular weight is 589 g/mol. The van der Waals surface area contributed by atoms with Gasteiger partial charge in [0.2, 0.25) is 5.91 Å². The molecule has 2 amide bonds. The maximum absolute atomic E-state index is 13.6. The Morgan fingerprint density at radius 3 is 2.24 bits per heavy atom. The first kappa shape index (κ1) is 28.2. The molecule has 0 atom stereocenters. The van der Waals surface area contributed by atoms with Crippen LogP contribution in [0.3, 0.4) is 0 Å². The molecule has 0 spiro atoms. The topological polar surface area (TPSA) is 105 Å². The number of nitrogens with zero attached hydrogens (tertiary/aromatic N) is 1. The van der Waals surface area contributed by atoms with E-state index in [0.717, 1.165) is 8.78 Å². The Morgan fingerprint density at radius 1 is 0.973 bits per heavy atom. The minimum absolute atomic E-state index is 0.0332. The number of carbonyl (C=O) groups excluding carboxylic acids is 2. The molecule has 0 aliphatic carbocycles. The monoisotopic (exact) mass is 587 g/mol. The summed E-state index contributed by atoms with van der Waals surface area (Å²) in [6.07, 6.45) is 0. The molecule has 37 heavy (non-hydrogen) atoms. The summed E-state index contributed by atoms with van der Waals surface area (Å²) in [6.45, 7) is 6.26. The minimum Gasteiger partial charge on any atom is -0.494 e. The summed E-state index contributed by atoms with van der Waals surface area (Å²) in [5.74, 6) is -0.0793. The van der Waals surface area contributed by atoms with Crippen LogP contribution in [-0.4, -0.2) is 39.9 Å². The van der Waals surface area contributed by atoms with Crippen molar-refractivity contribution in [3.8, 4) is 5.75 Å². The lowest BCUT2D eigenvalue weighted by atomic mass is 10.1. The fraction of sp³-hybridized carbons (Fsp3) is 0.259. The fourth-order valence-electron chi connectivity index (χ4n) is 3.43. The van der Waals surface area contributed by atoms with Crippen LogP contribution in [0.25, 0.3) is 0 Å². The number of para-hydroxylation sites is 1. The third-order valence-electron chi connectivity index (χ3n) is 5.24. The van der Waals surface area contributed by atoms with E-state index in [1.807, 2.05) is 20.8 Å². The number of benzene rings is 3. The van der Waals surface area contributed by atoms with Crippen molar-refractivity contribution in [2.24, 2.45) is 5.92 Å². The molecule has 0 aliphatic rings. The standard InChI is InChI=1S/C27H30BrN3O5S/c1-4-36-22-13-11-21(12-14-22)31(37(34,35)23-15-9-20(28)10-16-23)18-26(32)30-25-8-6-5-7-24(25)27(33)29-17-19(2)3/h5-16,19H,4,17-18H2,1-3H3,(H,29,33)(H,30,32). The molecule has 0 fully saturated rings. The number of ether oxygens (including phenoxy) is 1. The Hall–Kier alpha value is -3.37. The van der Waals surface area contributed by atoms with Gasteiger partial charge in [0.05, 0.1) is 28.4 Å². The number of hydrogen-bond acceptors (Lipinski definition) is 5. The van der Waals surface area contributed by atoms with Gasteiger partial charge in [-0.15, -0.1) is 0 Å². The Balaban J connectivity index is 1.90. The van der Waals surface area contributed by atoms with Crippen molar-refractivity contribution in [3.05, 3.63) is 82.8 Å². The molecule has 0 radical (unpaired) electrons. The van der Waals surface area contributed by atoms with Crippen LogP contribution in [-0.2, 0) is 14.8 Å². The highest BCUT2D eigenvalue weighted by atomic mass is 79.9. The van der Waals surface area contributed by atoms with E-state index in [2.05, 4.69) is 26.6 Å². The fourth-order valence-corrected chi connectivity index (χ4v) is 5.11. The van der Waals surface area contributed by atoms with Gasteiger partial charge in [0.25, 0.3) is 15.9 Å². The highest BCUT2D eigenvalue weighted by Crippen LogP contribution is 2.27. The van der Waals surface area contributed by atoms with Crippen LogP contribution in [0.15, 0.2) is 82.2 Å². The van der Waals surface area contributed by atoms with Crippen molar-refractivity contribution in [1.82, 2.24) is 5.32 Å². The largest absolute Gasteiger partial charge is 0.494 e. The van der Waals surface area contributed by atoms with E-state index >= 15 is 0 Å². The molecule has 8 nitrogen and oxygen atoms in total. The summed E-state index contributed by atoms with van der Waals surface area (Å²) >= 11 is 3.31. The molecule has 0 saturated heterocycles. The van der Waals surface area contributed by atoms with Crippen molar-refractivity contribution in [2.75, 3.05) is 29.3 Å². The molecule has 0 bridgehead atoms. The molecule has 196 valence electrons. The molecule has 0 saturated carbocycles. The quantitative estimate of drug-likeness (QED) is 0.326. The van der Waals surface area contributed by atoms with E-state index in [9.17, 15) is 18.0 Å². The van der Waals surface area contributed by atoms with Crippen molar-refractivity contribution >= 4 is 49.1 Å². The molecule has 0 aromatic heterocycles. The van der Waals surface area contributed by atoms with E-state index in [-0.39, 0.29) is 16.7 Å². The van der Waals surface area contributed by atoms with Gasteiger partial charge in [-0.2, -0.15) is 0 Å². The molecule has 0 unspecified atom stereocenters. The van der Waals surface area contributed by atoms with Crippen molar-refractivity contribution < 1.29 is 22.7 Å². The summed E-state index contributed by atoms with van der Waals surface area (Å²) in [6, 6.07) is 19.2. The number of nitrogens with one attached hydrogen (secondary N) is 2. The number of sulfonamides is 1. The molecule has 10 heteroatoms. The van der Waals surface area contributed by atoms with Gasteiger partial charge in [0, 0.05) is 11.0 Å². The Bertz CT molecular complexity index is 1330. The summed E-state index contributed by atoms with van der Waals surface area (Å²) in [4.78, 5) is 25.9. The van der Waals surface area contributed by atoms with Gasteiger partial charge in [-0.25, -0.2) is 8.42 Å². The first-order chi connectivity index (χ1) is 17.6. The van der Waals surface area contributed by atoms with E-state index in [4.69, 9.17) is 4.74 Å². The SMILES string of the molecule is CCOc1ccc(N(CC(=O)Nc2ccccc2C(=O)NCC(C)C)S(=O)(=O)c2ccc(Br)cc2)cc1. The highest BCUT2D eigenvalue weighted by molar-refractivity contribution is 9.10. The van der Waals surface area contributed by atoms with Crippen LogP contribution in [0.4, 0.5) is 11.4 Å². The first-order valence-corrected chi connectivity index (χ1v) is 14.0. The van der Waals surface area contributed by atoms with Gasteiger partial charge in [-0.05, 0) is 73.5 Å². The average Bonchev–Trinajstić information content (AvgIpc) is 2.87. The lowest BCUT2D eigenvalue weighted by molar-refractivity contribution is -0.114. The maximum atomic E-state index is 13.6. The number of hydrogen-bond donors (Lipinski definition) is 2. The number of halogens is 1. The molecule has 0 heterocycles. The zero-order valence-electron chi connectivity index (χ0n) is 20.9. The van der Waals surface area contributed by atoms with Gasteiger partial charge in [-0.1, -0.05) is 41.9 Å². The third kappa shape index (κ3) is 7.56. The van der Waals surface area contributed by atoms with Gasteiger partial charge in [-0.3, -0.25) is 13.9 Å². The summed E-state index contributed by atoms with van der Waals surface area (Å²) in [5, 5.41) is 5.54. The second kappa shape index (κ2) is 12.7. The van der Waals surface area contributed by atoms with E-state index in [1.165, 1.54) is 12.1 Å². The van der Waals surface area contributed by atoms with Crippen molar-refractivity contribution in [3.63, 3.8) is 0 Å². The predicted molar refractivity (Wildman–Crippen MR) is 149 cm³/mol. The summed E-state index contributed by atoms with van der Waals surface area (Å²) in [7, 11) is -4.10. The Morgan fingerprint density at radius 2 is 1.62 bits per heavy atom. The molecule has 2 N–H and O–H groups in total. The smallest absolute Gasteiger partial charge is 0.264 e. The van der Waals surface area contributed by atoms with Gasteiger partial charge in [0.15, 0.2) is 0 Å². The third-order valence-corrected chi connectivity index (χ3v) is 7.56. The zero-order valence-corrected chi connectivity index (χ0v) is 23.3. The van der Waals surface area contributed by atoms with Crippen LogP contribution in [0.2, 0.25) is 0 Å². The number of rotatable bonds is 11. The zero-order chi connectivity index (χ0) is 27.0. The van der Waals surface area contributed by atoms with Crippen LogP contribution in [0.5, 0.6) is 5.75 Å². The van der Waals surface area contributed by atoms with E-state index < -0.39 is 22.5 Å². The van der Waals surface area contributed by atoms with Crippen LogP contribution in [0.1, 0.15) is 31.1 Å².